The number of fused-ring (bicyclic) bond motifs is 7. The Bertz CT molecular complexity index is 2400. The molecule has 0 spiro atoms. The van der Waals surface area contributed by atoms with E-state index in [1.54, 1.807) is 0 Å². The summed E-state index contributed by atoms with van der Waals surface area (Å²) in [7, 11) is 0. The molecule has 0 fully saturated rings. The fourth-order valence-corrected chi connectivity index (χ4v) is 7.65. The Kier molecular flexibility index (Phi) is 4.28. The summed E-state index contributed by atoms with van der Waals surface area (Å²) in [5.41, 5.74) is 7.90. The Hall–Kier alpha value is -4.94. The molecule has 9 aromatic rings. The minimum atomic E-state index is 1.27. The Morgan fingerprint density at radius 3 is 1.65 bits per heavy atom. The molecule has 0 amide bonds. The fraction of sp³-hybridized carbons (Fsp3) is 0.0500. The first-order valence-electron chi connectivity index (χ1n) is 14.1. The van der Waals surface area contributed by atoms with E-state index in [-0.39, 0.29) is 0 Å². The van der Waals surface area contributed by atoms with E-state index in [2.05, 4.69) is 135 Å². The van der Waals surface area contributed by atoms with Gasteiger partial charge in [-0.25, -0.2) is 0 Å². The van der Waals surface area contributed by atoms with Gasteiger partial charge in [0.05, 0.1) is 0 Å². The van der Waals surface area contributed by atoms with E-state index in [0.29, 0.717) is 0 Å². The minimum absolute atomic E-state index is 1.27. The average Bonchev–Trinajstić information content (AvgIpc) is 3.49. The van der Waals surface area contributed by atoms with Crippen LogP contribution in [0.1, 0.15) is 11.1 Å². The summed E-state index contributed by atoms with van der Waals surface area (Å²) in [4.78, 5) is 0. The molecule has 0 radical (unpaired) electrons. The molecule has 0 atom stereocenters. The maximum atomic E-state index is 2.48. The van der Waals surface area contributed by atoms with Crippen LogP contribution in [0.3, 0.4) is 0 Å². The molecule has 0 N–H and O–H groups in total. The van der Waals surface area contributed by atoms with Crippen LogP contribution in [0.15, 0.2) is 121 Å². The van der Waals surface area contributed by atoms with E-state index < -0.39 is 0 Å². The molecule has 0 aliphatic rings. The monoisotopic (exact) mass is 506 g/mol. The molecule has 9 aromatic carbocycles. The SMILES string of the molecule is Cc1cccc(C)c1-c1cc2c(-c3ccccc3)c3c4cccc5cccc(c54)c3c3c4ccccc4c(c1)c23. The number of hydrogen-bond donors (Lipinski definition) is 0. The molecular formula is C40H26. The van der Waals surface area contributed by atoms with Crippen LogP contribution in [0.4, 0.5) is 0 Å². The average molecular weight is 507 g/mol. The van der Waals surface area contributed by atoms with Crippen LogP contribution in [0.5, 0.6) is 0 Å². The van der Waals surface area contributed by atoms with Crippen molar-refractivity contribution in [2.75, 3.05) is 0 Å². The zero-order chi connectivity index (χ0) is 26.5. The van der Waals surface area contributed by atoms with Gasteiger partial charge < -0.3 is 0 Å². The van der Waals surface area contributed by atoms with Crippen LogP contribution in [-0.2, 0) is 0 Å². The Labute approximate surface area is 232 Å². The first kappa shape index (κ1) is 21.9. The van der Waals surface area contributed by atoms with Crippen molar-refractivity contribution >= 4 is 64.6 Å². The summed E-state index contributed by atoms with van der Waals surface area (Å²) in [5, 5.41) is 16.3. The lowest BCUT2D eigenvalue weighted by atomic mass is 9.87. The molecule has 0 heteroatoms. The van der Waals surface area contributed by atoms with Crippen molar-refractivity contribution < 1.29 is 0 Å². The van der Waals surface area contributed by atoms with Gasteiger partial charge >= 0.3 is 0 Å². The van der Waals surface area contributed by atoms with Gasteiger partial charge in [0.25, 0.3) is 0 Å². The van der Waals surface area contributed by atoms with Crippen LogP contribution >= 0.6 is 0 Å². The summed E-state index contributed by atoms with van der Waals surface area (Å²) in [6, 6.07) is 45.3. The van der Waals surface area contributed by atoms with Gasteiger partial charge in [0, 0.05) is 0 Å². The van der Waals surface area contributed by atoms with Crippen LogP contribution in [0.2, 0.25) is 0 Å². The molecule has 0 unspecified atom stereocenters. The van der Waals surface area contributed by atoms with E-state index >= 15 is 0 Å². The predicted octanol–water partition coefficient (Wildman–Crippen LogP) is 11.4. The Morgan fingerprint density at radius 1 is 0.325 bits per heavy atom. The highest BCUT2D eigenvalue weighted by Gasteiger charge is 2.25. The fourth-order valence-electron chi connectivity index (χ4n) is 7.65. The maximum Gasteiger partial charge on any atom is -0.000697 e. The van der Waals surface area contributed by atoms with Gasteiger partial charge in [-0.1, -0.05) is 109 Å². The van der Waals surface area contributed by atoms with Crippen molar-refractivity contribution in [2.45, 2.75) is 13.8 Å². The van der Waals surface area contributed by atoms with Crippen LogP contribution in [0, 0.1) is 13.8 Å². The summed E-state index contributed by atoms with van der Waals surface area (Å²) in [5.74, 6) is 0. The van der Waals surface area contributed by atoms with E-state index in [4.69, 9.17) is 0 Å². The topological polar surface area (TPSA) is 0 Å². The molecule has 0 saturated heterocycles. The van der Waals surface area contributed by atoms with Gasteiger partial charge in [-0.3, -0.25) is 0 Å². The summed E-state index contributed by atoms with van der Waals surface area (Å²) < 4.78 is 0. The van der Waals surface area contributed by atoms with Crippen molar-refractivity contribution in [3.63, 3.8) is 0 Å². The smallest absolute Gasteiger partial charge is 0.000697 e. The van der Waals surface area contributed by atoms with Crippen LogP contribution in [-0.4, -0.2) is 0 Å². The molecule has 0 bridgehead atoms. The van der Waals surface area contributed by atoms with Crippen molar-refractivity contribution in [3.05, 3.63) is 132 Å². The van der Waals surface area contributed by atoms with Crippen molar-refractivity contribution in [3.8, 4) is 22.3 Å². The zero-order valence-corrected chi connectivity index (χ0v) is 22.5. The number of benzene rings is 7. The highest BCUT2D eigenvalue weighted by molar-refractivity contribution is 6.48. The third-order valence-corrected chi connectivity index (χ3v) is 9.17. The lowest BCUT2D eigenvalue weighted by molar-refractivity contribution is 1.38. The van der Waals surface area contributed by atoms with Crippen molar-refractivity contribution in [1.82, 2.24) is 0 Å². The highest BCUT2D eigenvalue weighted by Crippen LogP contribution is 2.53. The molecule has 0 aliphatic carbocycles. The van der Waals surface area contributed by atoms with E-state index in [0.717, 1.165) is 0 Å². The third-order valence-electron chi connectivity index (χ3n) is 9.17. The molecule has 9 rings (SSSR count). The molecular weight excluding hydrogens is 480 g/mol. The van der Waals surface area contributed by atoms with E-state index in [1.165, 1.54) is 98.0 Å². The van der Waals surface area contributed by atoms with Crippen molar-refractivity contribution in [1.29, 1.82) is 0 Å². The largest absolute Gasteiger partial charge is 0.0622 e. The highest BCUT2D eigenvalue weighted by atomic mass is 14.3. The first-order chi connectivity index (χ1) is 19.7. The molecule has 40 heavy (non-hydrogen) atoms. The van der Waals surface area contributed by atoms with Gasteiger partial charge in [-0.2, -0.15) is 0 Å². The molecule has 0 saturated carbocycles. The second-order valence-electron chi connectivity index (χ2n) is 11.3. The molecule has 186 valence electrons. The Balaban J connectivity index is 1.65. The zero-order valence-electron chi connectivity index (χ0n) is 22.5. The van der Waals surface area contributed by atoms with Gasteiger partial charge in [-0.15, -0.1) is 0 Å². The van der Waals surface area contributed by atoms with Crippen molar-refractivity contribution in [2.24, 2.45) is 0 Å². The second-order valence-corrected chi connectivity index (χ2v) is 11.3. The van der Waals surface area contributed by atoms with Gasteiger partial charge in [0.2, 0.25) is 0 Å². The number of aryl methyl sites for hydroxylation is 2. The molecule has 0 aromatic heterocycles. The van der Waals surface area contributed by atoms with Crippen LogP contribution in [0.25, 0.3) is 86.9 Å². The maximum absolute atomic E-state index is 2.48. The first-order valence-corrected chi connectivity index (χ1v) is 14.1. The number of rotatable bonds is 2. The number of hydrogen-bond acceptors (Lipinski definition) is 0. The van der Waals surface area contributed by atoms with Gasteiger partial charge in [0.15, 0.2) is 0 Å². The molecule has 0 heterocycles. The Morgan fingerprint density at radius 2 is 0.900 bits per heavy atom. The lowest BCUT2D eigenvalue weighted by Gasteiger charge is -2.16. The van der Waals surface area contributed by atoms with Gasteiger partial charge in [-0.05, 0) is 124 Å². The minimum Gasteiger partial charge on any atom is -0.0622 e. The lowest BCUT2D eigenvalue weighted by Crippen LogP contribution is -1.90. The second kappa shape index (κ2) is 7.81. The normalized spacial score (nSPS) is 12.2. The predicted molar refractivity (Wildman–Crippen MR) is 174 cm³/mol. The third kappa shape index (κ3) is 2.71. The van der Waals surface area contributed by atoms with Crippen LogP contribution < -0.4 is 0 Å². The van der Waals surface area contributed by atoms with E-state index in [1.807, 2.05) is 0 Å². The summed E-state index contributed by atoms with van der Waals surface area (Å²) in [6.07, 6.45) is 0. The van der Waals surface area contributed by atoms with E-state index in [9.17, 15) is 0 Å². The summed E-state index contributed by atoms with van der Waals surface area (Å²) in [6.45, 7) is 4.48. The quantitative estimate of drug-likeness (QED) is 0.219. The standard InChI is InChI=1S/C40H26/c1-23-11-8-12-24(2)34(23)27-21-32-28-17-6-7-18-29(28)38-37(32)33(22-27)36(26-13-4-3-5-14-26)39-30-19-9-15-25-16-10-20-31(35(25)30)40(38)39/h3-22H,1-2H3. The molecule has 0 nitrogen and oxygen atoms in total. The molecule has 0 aliphatic heterocycles. The van der Waals surface area contributed by atoms with Gasteiger partial charge in [0.1, 0.15) is 0 Å². The summed E-state index contributed by atoms with van der Waals surface area (Å²) >= 11 is 0.